The number of fused-ring (bicyclic) bond motifs is 1. The van der Waals surface area contributed by atoms with Crippen LogP contribution in [-0.4, -0.2) is 24.0 Å². The summed E-state index contributed by atoms with van der Waals surface area (Å²) in [7, 11) is 0. The van der Waals surface area contributed by atoms with Gasteiger partial charge in [-0.05, 0) is 80.6 Å². The number of aromatic amines is 1. The number of ether oxygens (including phenoxy) is 1. The van der Waals surface area contributed by atoms with Crippen molar-refractivity contribution in [3.63, 3.8) is 0 Å². The Balaban J connectivity index is 1.68. The van der Waals surface area contributed by atoms with E-state index in [1.54, 1.807) is 6.08 Å². The van der Waals surface area contributed by atoms with Crippen molar-refractivity contribution >= 4 is 54.7 Å². The van der Waals surface area contributed by atoms with Gasteiger partial charge in [0.2, 0.25) is 0 Å². The molecule has 0 aliphatic heterocycles. The van der Waals surface area contributed by atoms with Gasteiger partial charge in [-0.3, -0.25) is 4.79 Å². The van der Waals surface area contributed by atoms with Crippen LogP contribution in [0.15, 0.2) is 57.1 Å². The van der Waals surface area contributed by atoms with Crippen molar-refractivity contribution < 1.29 is 9.53 Å². The Bertz CT molecular complexity index is 1090. The van der Waals surface area contributed by atoms with Crippen molar-refractivity contribution in [2.24, 2.45) is 0 Å². The van der Waals surface area contributed by atoms with Crippen LogP contribution in [0.25, 0.3) is 17.0 Å². The number of nitrogens with one attached hydrogen (secondary N) is 2. The molecule has 2 aromatic carbocycles. The zero-order valence-corrected chi connectivity index (χ0v) is 18.9. The fraction of sp³-hybridized carbons (Fsp3) is 0.182. The lowest BCUT2D eigenvalue weighted by atomic mass is 10.1. The van der Waals surface area contributed by atoms with Gasteiger partial charge >= 0.3 is 0 Å². The number of para-hydroxylation sites is 1. The molecule has 3 rings (SSSR count). The van der Waals surface area contributed by atoms with Gasteiger partial charge in [0.05, 0.1) is 15.6 Å². The lowest BCUT2D eigenvalue weighted by Crippen LogP contribution is -2.26. The number of hydrogen-bond donors (Lipinski definition) is 2. The average Bonchev–Trinajstić information content (AvgIpc) is 3.12. The molecule has 1 heterocycles. The highest BCUT2D eigenvalue weighted by atomic mass is 79.9. The number of carbonyl (C=O) groups is 1. The summed E-state index contributed by atoms with van der Waals surface area (Å²) in [5.41, 5.74) is 2.96. The highest BCUT2D eigenvalue weighted by molar-refractivity contribution is 9.11. The second-order valence-corrected chi connectivity index (χ2v) is 7.99. The lowest BCUT2D eigenvalue weighted by molar-refractivity contribution is -0.117. The van der Waals surface area contributed by atoms with Crippen molar-refractivity contribution in [2.75, 3.05) is 13.2 Å². The summed E-state index contributed by atoms with van der Waals surface area (Å²) in [6.45, 7) is 2.88. The van der Waals surface area contributed by atoms with Crippen molar-refractivity contribution in [2.45, 2.75) is 13.3 Å². The summed E-state index contributed by atoms with van der Waals surface area (Å²) in [4.78, 5) is 15.7. The minimum absolute atomic E-state index is 0.0480. The fourth-order valence-electron chi connectivity index (χ4n) is 3.00. The topological polar surface area (TPSA) is 77.9 Å². The number of aromatic nitrogens is 1. The number of carbonyl (C=O) groups excluding carboxylic acids is 1. The van der Waals surface area contributed by atoms with Gasteiger partial charge in [-0.15, -0.1) is 0 Å². The normalized spacial score (nSPS) is 11.3. The molecule has 0 aliphatic rings. The molecule has 0 unspecified atom stereocenters. The maximum Gasteiger partial charge on any atom is 0.261 e. The van der Waals surface area contributed by atoms with Gasteiger partial charge in [-0.25, -0.2) is 0 Å². The Hall–Kier alpha value is -2.56. The Kier molecular flexibility index (Phi) is 7.13. The quantitative estimate of drug-likeness (QED) is 0.328. The van der Waals surface area contributed by atoms with E-state index >= 15 is 0 Å². The third-order valence-electron chi connectivity index (χ3n) is 4.34. The number of H-pyrrole nitrogens is 1. The molecule has 0 bridgehead atoms. The summed E-state index contributed by atoms with van der Waals surface area (Å²) in [5, 5.41) is 13.4. The zero-order chi connectivity index (χ0) is 20.8. The molecule has 5 nitrogen and oxygen atoms in total. The van der Waals surface area contributed by atoms with Crippen LogP contribution in [0.1, 0.15) is 18.1 Å². The summed E-state index contributed by atoms with van der Waals surface area (Å²) in [6, 6.07) is 13.6. The van der Waals surface area contributed by atoms with E-state index in [1.807, 2.05) is 55.6 Å². The van der Waals surface area contributed by atoms with Crippen LogP contribution < -0.4 is 10.1 Å². The Morgan fingerprint density at radius 2 is 2.00 bits per heavy atom. The molecule has 1 amide bonds. The van der Waals surface area contributed by atoms with E-state index in [2.05, 4.69) is 42.2 Å². The van der Waals surface area contributed by atoms with Crippen molar-refractivity contribution in [1.82, 2.24) is 10.3 Å². The monoisotopic (exact) mass is 515 g/mol. The number of amides is 1. The van der Waals surface area contributed by atoms with E-state index in [4.69, 9.17) is 4.74 Å². The molecule has 0 aliphatic carbocycles. The Morgan fingerprint density at radius 1 is 1.28 bits per heavy atom. The number of nitriles is 1. The summed E-state index contributed by atoms with van der Waals surface area (Å²) in [5.74, 6) is 0.291. The largest absolute Gasteiger partial charge is 0.492 e. The highest BCUT2D eigenvalue weighted by Gasteiger charge is 2.12. The maximum atomic E-state index is 12.5. The maximum absolute atomic E-state index is 12.5. The predicted molar refractivity (Wildman–Crippen MR) is 122 cm³/mol. The number of nitrogens with zero attached hydrogens (tertiary/aromatic N) is 1. The van der Waals surface area contributed by atoms with Crippen LogP contribution >= 0.6 is 31.9 Å². The number of benzene rings is 2. The van der Waals surface area contributed by atoms with E-state index in [0.717, 1.165) is 31.0 Å². The van der Waals surface area contributed by atoms with Crippen LogP contribution in [0.4, 0.5) is 0 Å². The van der Waals surface area contributed by atoms with Crippen LogP contribution in [0, 0.1) is 11.3 Å². The first-order valence-electron chi connectivity index (χ1n) is 9.10. The molecule has 2 N–H and O–H groups in total. The van der Waals surface area contributed by atoms with Gasteiger partial charge in [0.25, 0.3) is 5.91 Å². The van der Waals surface area contributed by atoms with Gasteiger partial charge in [-0.1, -0.05) is 18.2 Å². The summed E-state index contributed by atoms with van der Waals surface area (Å²) in [6.07, 6.45) is 4.19. The SMILES string of the molecule is CCOc1c(Br)cc(/C=C(/C#N)C(=O)NCCc2c[nH]c3ccccc23)cc1Br. The van der Waals surface area contributed by atoms with E-state index in [0.29, 0.717) is 25.3 Å². The minimum atomic E-state index is -0.395. The average molecular weight is 517 g/mol. The molecule has 0 saturated carbocycles. The predicted octanol–water partition coefficient (Wildman–Crippen LogP) is 5.36. The Labute approximate surface area is 186 Å². The second kappa shape index (κ2) is 9.77. The van der Waals surface area contributed by atoms with Crippen LogP contribution in [0.3, 0.4) is 0 Å². The van der Waals surface area contributed by atoms with Crippen molar-refractivity contribution in [3.8, 4) is 11.8 Å². The summed E-state index contributed by atoms with van der Waals surface area (Å²) < 4.78 is 7.05. The number of hydrogen-bond acceptors (Lipinski definition) is 3. The molecule has 0 spiro atoms. The number of rotatable bonds is 7. The molecule has 1 aromatic heterocycles. The van der Waals surface area contributed by atoms with Gasteiger partial charge in [0.1, 0.15) is 17.4 Å². The van der Waals surface area contributed by atoms with E-state index in [-0.39, 0.29) is 5.57 Å². The Morgan fingerprint density at radius 3 is 2.69 bits per heavy atom. The van der Waals surface area contributed by atoms with E-state index < -0.39 is 5.91 Å². The van der Waals surface area contributed by atoms with Gasteiger partial charge in [0.15, 0.2) is 0 Å². The molecule has 0 radical (unpaired) electrons. The smallest absolute Gasteiger partial charge is 0.261 e. The van der Waals surface area contributed by atoms with Crippen LogP contribution in [0.5, 0.6) is 5.75 Å². The van der Waals surface area contributed by atoms with Crippen molar-refractivity contribution in [3.05, 3.63) is 68.2 Å². The lowest BCUT2D eigenvalue weighted by Gasteiger charge is -2.10. The van der Waals surface area contributed by atoms with E-state index in [1.165, 1.54) is 0 Å². The number of halogens is 2. The highest BCUT2D eigenvalue weighted by Crippen LogP contribution is 2.35. The first kappa shape index (κ1) is 21.2. The van der Waals surface area contributed by atoms with Crippen molar-refractivity contribution in [1.29, 1.82) is 5.26 Å². The van der Waals surface area contributed by atoms with Crippen LogP contribution in [-0.2, 0) is 11.2 Å². The molecule has 148 valence electrons. The molecule has 3 aromatic rings. The van der Waals surface area contributed by atoms with Gasteiger partial charge in [0, 0.05) is 23.6 Å². The zero-order valence-electron chi connectivity index (χ0n) is 15.8. The van der Waals surface area contributed by atoms with Gasteiger partial charge < -0.3 is 15.0 Å². The second-order valence-electron chi connectivity index (χ2n) is 6.28. The molecule has 29 heavy (non-hydrogen) atoms. The van der Waals surface area contributed by atoms with E-state index in [9.17, 15) is 10.1 Å². The molecular weight excluding hydrogens is 498 g/mol. The standard InChI is InChI=1S/C22H19Br2N3O2/c1-2-29-21-18(23)10-14(11-19(21)24)9-16(12-25)22(28)26-8-7-15-13-27-20-6-4-3-5-17(15)20/h3-6,9-11,13,27H,2,7-8H2,1H3,(H,26,28)/b16-9-. The fourth-order valence-corrected chi connectivity index (χ4v) is 4.46. The van der Waals surface area contributed by atoms with Gasteiger partial charge in [-0.2, -0.15) is 5.26 Å². The molecule has 0 saturated heterocycles. The molecule has 0 atom stereocenters. The first-order chi connectivity index (χ1) is 14.0. The first-order valence-corrected chi connectivity index (χ1v) is 10.7. The molecular formula is C22H19Br2N3O2. The molecule has 7 heteroatoms. The summed E-state index contributed by atoms with van der Waals surface area (Å²) >= 11 is 6.92. The molecule has 0 fully saturated rings. The minimum Gasteiger partial charge on any atom is -0.492 e. The van der Waals surface area contributed by atoms with Crippen LogP contribution in [0.2, 0.25) is 0 Å². The third kappa shape index (κ3) is 5.08. The third-order valence-corrected chi connectivity index (χ3v) is 5.52.